The topological polar surface area (TPSA) is 75.1 Å². The smallest absolute Gasteiger partial charge is 0.335 e. The number of carboxylic acids is 1. The Morgan fingerprint density at radius 2 is 1.41 bits per heavy atom. The molecule has 1 heterocycles. The predicted octanol–water partition coefficient (Wildman–Crippen LogP) is 7.47. The van der Waals surface area contributed by atoms with Crippen LogP contribution in [0.2, 0.25) is 10.0 Å². The zero-order valence-corrected chi connectivity index (χ0v) is 21.2. The first-order valence-corrected chi connectivity index (χ1v) is 12.6. The van der Waals surface area contributed by atoms with Gasteiger partial charge in [-0.25, -0.2) is 4.79 Å². The number of carbonyl (C=O) groups is 1. The Morgan fingerprint density at radius 1 is 0.811 bits per heavy atom. The van der Waals surface area contributed by atoms with E-state index in [2.05, 4.69) is 27.6 Å². The number of halogens is 2. The molecule has 2 N–H and O–H groups in total. The van der Waals surface area contributed by atoms with Crippen molar-refractivity contribution in [2.75, 3.05) is 11.9 Å². The van der Waals surface area contributed by atoms with Crippen LogP contribution in [0.1, 0.15) is 38.5 Å². The number of aromatic carboxylic acids is 1. The fourth-order valence-corrected chi connectivity index (χ4v) is 4.69. The molecule has 0 aliphatic carbocycles. The summed E-state index contributed by atoms with van der Waals surface area (Å²) in [6.45, 7) is 0.662. The van der Waals surface area contributed by atoms with E-state index in [1.165, 1.54) is 0 Å². The lowest BCUT2D eigenvalue weighted by Crippen LogP contribution is -2.07. The van der Waals surface area contributed by atoms with Gasteiger partial charge in [0.1, 0.15) is 0 Å². The first kappa shape index (κ1) is 24.8. The van der Waals surface area contributed by atoms with Crippen molar-refractivity contribution >= 4 is 45.8 Å². The van der Waals surface area contributed by atoms with Gasteiger partial charge in [-0.3, -0.25) is 0 Å². The fraction of sp³-hybridized carbons (Fsp3) is 0.100. The van der Waals surface area contributed by atoms with E-state index in [0.29, 0.717) is 16.6 Å². The van der Waals surface area contributed by atoms with Gasteiger partial charge >= 0.3 is 5.97 Å². The van der Waals surface area contributed by atoms with E-state index in [9.17, 15) is 4.79 Å². The molecule has 0 aliphatic rings. The van der Waals surface area contributed by atoms with Gasteiger partial charge in [-0.1, -0.05) is 65.7 Å². The number of benzene rings is 4. The average molecular weight is 528 g/mol. The molecule has 0 bridgehead atoms. The third kappa shape index (κ3) is 5.74. The van der Waals surface area contributed by atoms with Crippen molar-refractivity contribution < 1.29 is 9.90 Å². The van der Waals surface area contributed by atoms with E-state index >= 15 is 0 Å². The highest BCUT2D eigenvalue weighted by atomic mass is 35.5. The first-order valence-electron chi connectivity index (χ1n) is 11.8. The molecule has 0 aliphatic heterocycles. The first-order chi connectivity index (χ1) is 18.0. The van der Waals surface area contributed by atoms with Crippen LogP contribution in [-0.4, -0.2) is 27.8 Å². The second-order valence-electron chi connectivity index (χ2n) is 8.75. The number of nitrogens with zero attached hydrogens (tertiary/aromatic N) is 2. The SMILES string of the molecule is O=C(O)c1ccc(CCNc2cnnc3ccc(C(c4ccc(Cl)cc4)c4ccc(Cl)cc4)cc23)cc1. The number of fused-ring (bicyclic) bond motifs is 1. The molecular weight excluding hydrogens is 505 g/mol. The lowest BCUT2D eigenvalue weighted by molar-refractivity contribution is 0.0697. The van der Waals surface area contributed by atoms with Gasteiger partial charge in [-0.15, -0.1) is 0 Å². The summed E-state index contributed by atoms with van der Waals surface area (Å²) in [6.07, 6.45) is 2.47. The fourth-order valence-electron chi connectivity index (χ4n) is 4.44. The second-order valence-corrected chi connectivity index (χ2v) is 9.62. The van der Waals surface area contributed by atoms with Crippen molar-refractivity contribution in [3.8, 4) is 0 Å². The third-order valence-corrected chi connectivity index (χ3v) is 6.84. The molecule has 0 atom stereocenters. The number of anilines is 1. The zero-order chi connectivity index (χ0) is 25.8. The monoisotopic (exact) mass is 527 g/mol. The van der Waals surface area contributed by atoms with Crippen LogP contribution in [0.5, 0.6) is 0 Å². The Balaban J connectivity index is 1.45. The molecule has 0 radical (unpaired) electrons. The molecule has 5 rings (SSSR count). The normalized spacial score (nSPS) is 11.1. The van der Waals surface area contributed by atoms with Crippen LogP contribution in [0.15, 0.2) is 97.2 Å². The van der Waals surface area contributed by atoms with E-state index < -0.39 is 5.97 Å². The molecule has 4 aromatic carbocycles. The molecule has 0 fully saturated rings. The van der Waals surface area contributed by atoms with Crippen LogP contribution in [0.4, 0.5) is 5.69 Å². The number of hydrogen-bond acceptors (Lipinski definition) is 4. The predicted molar refractivity (Wildman–Crippen MR) is 149 cm³/mol. The maximum atomic E-state index is 11.1. The molecule has 1 aromatic heterocycles. The summed E-state index contributed by atoms with van der Waals surface area (Å²) >= 11 is 12.4. The van der Waals surface area contributed by atoms with Gasteiger partial charge in [0, 0.05) is 27.9 Å². The number of hydrogen-bond donors (Lipinski definition) is 2. The van der Waals surface area contributed by atoms with Crippen molar-refractivity contribution in [1.82, 2.24) is 10.2 Å². The van der Waals surface area contributed by atoms with Gasteiger partial charge in [0.2, 0.25) is 0 Å². The molecule has 7 heteroatoms. The standard InChI is InChI=1S/C30H23Cl2N3O2/c31-24-10-5-20(6-11-24)29(21-7-12-25(32)13-8-21)23-9-14-27-26(17-23)28(18-34-35-27)33-16-15-19-1-3-22(4-2-19)30(36)37/h1-14,17-18,29H,15-16H2,(H,33,35)(H,36,37). The summed E-state index contributed by atoms with van der Waals surface area (Å²) in [5.41, 5.74) is 6.36. The van der Waals surface area contributed by atoms with Gasteiger partial charge in [0.15, 0.2) is 0 Å². The Kier molecular flexibility index (Phi) is 7.35. The van der Waals surface area contributed by atoms with Crippen LogP contribution >= 0.6 is 23.2 Å². The highest BCUT2D eigenvalue weighted by Gasteiger charge is 2.18. The summed E-state index contributed by atoms with van der Waals surface area (Å²) in [5.74, 6) is -0.946. The summed E-state index contributed by atoms with van der Waals surface area (Å²) in [6, 6.07) is 29.0. The van der Waals surface area contributed by atoms with Gasteiger partial charge in [-0.2, -0.15) is 10.2 Å². The average Bonchev–Trinajstić information content (AvgIpc) is 2.91. The Morgan fingerprint density at radius 3 is 2.00 bits per heavy atom. The maximum absolute atomic E-state index is 11.1. The van der Waals surface area contributed by atoms with Crippen molar-refractivity contribution in [3.05, 3.63) is 135 Å². The Bertz CT molecular complexity index is 1490. The van der Waals surface area contributed by atoms with E-state index in [1.54, 1.807) is 18.3 Å². The molecule has 0 saturated heterocycles. The Hall–Kier alpha value is -3.93. The molecule has 0 unspecified atom stereocenters. The molecule has 5 nitrogen and oxygen atoms in total. The lowest BCUT2D eigenvalue weighted by Gasteiger charge is -2.20. The van der Waals surface area contributed by atoms with Crippen LogP contribution in [-0.2, 0) is 6.42 Å². The van der Waals surface area contributed by atoms with Crippen LogP contribution in [0.25, 0.3) is 10.9 Å². The van der Waals surface area contributed by atoms with E-state index in [1.807, 2.05) is 66.7 Å². The van der Waals surface area contributed by atoms with Crippen LogP contribution in [0.3, 0.4) is 0 Å². The minimum Gasteiger partial charge on any atom is -0.478 e. The van der Waals surface area contributed by atoms with E-state index in [-0.39, 0.29) is 11.5 Å². The number of nitrogens with one attached hydrogen (secondary N) is 1. The van der Waals surface area contributed by atoms with Crippen LogP contribution < -0.4 is 5.32 Å². The van der Waals surface area contributed by atoms with E-state index in [4.69, 9.17) is 28.3 Å². The van der Waals surface area contributed by atoms with Gasteiger partial charge in [0.05, 0.1) is 23.0 Å². The number of carboxylic acid groups (broad SMARTS) is 1. The third-order valence-electron chi connectivity index (χ3n) is 6.33. The van der Waals surface area contributed by atoms with Crippen LogP contribution in [0, 0.1) is 0 Å². The highest BCUT2D eigenvalue weighted by Crippen LogP contribution is 2.35. The maximum Gasteiger partial charge on any atom is 0.335 e. The van der Waals surface area contributed by atoms with Gasteiger partial charge in [-0.05, 0) is 77.2 Å². The molecule has 5 aromatic rings. The summed E-state index contributed by atoms with van der Waals surface area (Å²) in [4.78, 5) is 11.1. The number of aromatic nitrogens is 2. The molecule has 0 saturated carbocycles. The largest absolute Gasteiger partial charge is 0.478 e. The lowest BCUT2D eigenvalue weighted by atomic mass is 9.84. The van der Waals surface area contributed by atoms with E-state index in [0.717, 1.165) is 45.3 Å². The van der Waals surface area contributed by atoms with Gasteiger partial charge in [0.25, 0.3) is 0 Å². The molecule has 184 valence electrons. The minimum atomic E-state index is -0.926. The van der Waals surface area contributed by atoms with Crippen molar-refractivity contribution in [2.45, 2.75) is 12.3 Å². The number of rotatable bonds is 8. The molecule has 0 amide bonds. The molecule has 37 heavy (non-hydrogen) atoms. The molecule has 0 spiro atoms. The zero-order valence-electron chi connectivity index (χ0n) is 19.7. The Labute approximate surface area is 224 Å². The highest BCUT2D eigenvalue weighted by molar-refractivity contribution is 6.30. The quantitative estimate of drug-likeness (QED) is 0.204. The van der Waals surface area contributed by atoms with Crippen molar-refractivity contribution in [2.24, 2.45) is 0 Å². The summed E-state index contributed by atoms with van der Waals surface area (Å²) in [7, 11) is 0. The summed E-state index contributed by atoms with van der Waals surface area (Å²) < 4.78 is 0. The minimum absolute atomic E-state index is 0.0206. The van der Waals surface area contributed by atoms with Gasteiger partial charge < -0.3 is 10.4 Å². The molecular formula is C30H23Cl2N3O2. The summed E-state index contributed by atoms with van der Waals surface area (Å²) in [5, 5.41) is 23.4. The van der Waals surface area contributed by atoms with Crippen molar-refractivity contribution in [3.63, 3.8) is 0 Å². The van der Waals surface area contributed by atoms with Crippen molar-refractivity contribution in [1.29, 1.82) is 0 Å². The second kappa shape index (κ2) is 11.0.